The van der Waals surface area contributed by atoms with E-state index in [1.165, 1.54) is 0 Å². The zero-order valence-electron chi connectivity index (χ0n) is 8.48. The van der Waals surface area contributed by atoms with Crippen LogP contribution >= 0.6 is 0 Å². The summed E-state index contributed by atoms with van der Waals surface area (Å²) in [6.07, 6.45) is 0.650. The van der Waals surface area contributed by atoms with Gasteiger partial charge in [0.15, 0.2) is 0 Å². The average Bonchev–Trinajstić information content (AvgIpc) is 2.15. The minimum Gasteiger partial charge on any atom is -0.396 e. The van der Waals surface area contributed by atoms with Crippen molar-refractivity contribution in [3.63, 3.8) is 0 Å². The highest BCUT2D eigenvalue weighted by molar-refractivity contribution is 7.91. The Balaban J connectivity index is 2.18. The van der Waals surface area contributed by atoms with Crippen molar-refractivity contribution in [3.8, 4) is 0 Å². The molecule has 2 aliphatic heterocycles. The monoisotopic (exact) mass is 236 g/mol. The molecule has 0 atom stereocenters. The van der Waals surface area contributed by atoms with E-state index in [9.17, 15) is 18.6 Å². The van der Waals surface area contributed by atoms with Crippen molar-refractivity contribution in [1.82, 2.24) is 0 Å². The van der Waals surface area contributed by atoms with Gasteiger partial charge in [0, 0.05) is 5.41 Å². The second kappa shape index (κ2) is 3.41. The molecule has 2 fully saturated rings. The maximum absolute atomic E-state index is 11.3. The van der Waals surface area contributed by atoms with E-state index in [4.69, 9.17) is 4.74 Å². The third-order valence-corrected chi connectivity index (χ3v) is 5.41. The predicted molar refractivity (Wildman–Crippen MR) is 53.2 cm³/mol. The molecule has 0 radical (unpaired) electrons. The Morgan fingerprint density at radius 2 is 1.73 bits per heavy atom. The van der Waals surface area contributed by atoms with Gasteiger partial charge in [-0.15, -0.1) is 0 Å². The van der Waals surface area contributed by atoms with Gasteiger partial charge in [-0.2, -0.15) is 0 Å². The Morgan fingerprint density at radius 1 is 1.20 bits per heavy atom. The van der Waals surface area contributed by atoms with Crippen molar-refractivity contribution < 1.29 is 23.4 Å². The molecule has 6 heteroatoms. The van der Waals surface area contributed by atoms with Crippen molar-refractivity contribution in [2.24, 2.45) is 5.41 Å². The van der Waals surface area contributed by atoms with Crippen LogP contribution in [0, 0.1) is 5.41 Å². The maximum atomic E-state index is 11.3. The first-order valence-electron chi connectivity index (χ1n) is 5.05. The topological polar surface area (TPSA) is 83.8 Å². The molecule has 88 valence electrons. The van der Waals surface area contributed by atoms with Crippen molar-refractivity contribution in [3.05, 3.63) is 0 Å². The van der Waals surface area contributed by atoms with Gasteiger partial charge in [0.25, 0.3) is 0 Å². The van der Waals surface area contributed by atoms with Gasteiger partial charge >= 0.3 is 0 Å². The maximum Gasteiger partial charge on any atom is 0.150 e. The summed E-state index contributed by atoms with van der Waals surface area (Å²) in [4.78, 5) is 0. The van der Waals surface area contributed by atoms with E-state index in [0.29, 0.717) is 12.8 Å². The van der Waals surface area contributed by atoms with E-state index in [1.54, 1.807) is 0 Å². The minimum atomic E-state index is -2.97. The molecule has 2 aliphatic rings. The average molecular weight is 236 g/mol. The van der Waals surface area contributed by atoms with E-state index in [2.05, 4.69) is 0 Å². The van der Waals surface area contributed by atoms with Crippen LogP contribution in [0.1, 0.15) is 12.8 Å². The van der Waals surface area contributed by atoms with Gasteiger partial charge in [-0.1, -0.05) is 0 Å². The van der Waals surface area contributed by atoms with Crippen LogP contribution in [-0.4, -0.2) is 55.6 Å². The molecule has 2 heterocycles. The largest absolute Gasteiger partial charge is 0.396 e. The molecule has 5 nitrogen and oxygen atoms in total. The number of ether oxygens (including phenoxy) is 1. The molecule has 0 saturated carbocycles. The van der Waals surface area contributed by atoms with Gasteiger partial charge < -0.3 is 14.9 Å². The fourth-order valence-corrected chi connectivity index (χ4v) is 3.91. The minimum absolute atomic E-state index is 0.0515. The number of rotatable bonds is 2. The number of sulfone groups is 1. The molecule has 0 aromatic carbocycles. The van der Waals surface area contributed by atoms with Crippen LogP contribution in [0.5, 0.6) is 0 Å². The van der Waals surface area contributed by atoms with Crippen LogP contribution in [-0.2, 0) is 14.6 Å². The molecule has 0 amide bonds. The zero-order chi connectivity index (χ0) is 11.2. The summed E-state index contributed by atoms with van der Waals surface area (Å²) in [5, 5.41) is 19.6. The molecule has 0 aliphatic carbocycles. The lowest BCUT2D eigenvalue weighted by molar-refractivity contribution is -0.252. The molecule has 2 saturated heterocycles. The molecular formula is C9H16O5S. The molecule has 15 heavy (non-hydrogen) atoms. The van der Waals surface area contributed by atoms with Gasteiger partial charge in [0.2, 0.25) is 0 Å². The smallest absolute Gasteiger partial charge is 0.150 e. The van der Waals surface area contributed by atoms with E-state index in [1.807, 2.05) is 0 Å². The number of hydrogen-bond donors (Lipinski definition) is 2. The lowest BCUT2D eigenvalue weighted by Gasteiger charge is -2.52. The van der Waals surface area contributed by atoms with Gasteiger partial charge in [0.05, 0.1) is 31.3 Å². The normalized spacial score (nSPS) is 31.9. The van der Waals surface area contributed by atoms with Crippen LogP contribution in [0.15, 0.2) is 0 Å². The van der Waals surface area contributed by atoms with Gasteiger partial charge in [-0.25, -0.2) is 8.42 Å². The first-order valence-corrected chi connectivity index (χ1v) is 6.87. The molecule has 0 bridgehead atoms. The summed E-state index contributed by atoms with van der Waals surface area (Å²) >= 11 is 0. The van der Waals surface area contributed by atoms with Crippen molar-refractivity contribution >= 4 is 9.84 Å². The Labute approximate surface area is 89.0 Å². The third-order valence-electron chi connectivity index (χ3n) is 3.75. The summed E-state index contributed by atoms with van der Waals surface area (Å²) in [7, 11) is -2.97. The van der Waals surface area contributed by atoms with E-state index in [0.717, 1.165) is 0 Å². The molecular weight excluding hydrogens is 220 g/mol. The summed E-state index contributed by atoms with van der Waals surface area (Å²) < 4.78 is 27.5. The van der Waals surface area contributed by atoms with Crippen molar-refractivity contribution in [1.29, 1.82) is 0 Å². The molecule has 2 N–H and O–H groups in total. The Hall–Kier alpha value is -0.170. The standard InChI is InChI=1S/C9H16O5S/c10-5-8(9(11)6-14-7-9)1-3-15(12,13)4-2-8/h10-11H,1-7H2. The van der Waals surface area contributed by atoms with Crippen LogP contribution in [0.2, 0.25) is 0 Å². The van der Waals surface area contributed by atoms with Crippen LogP contribution in [0.4, 0.5) is 0 Å². The Morgan fingerprint density at radius 3 is 2.07 bits per heavy atom. The van der Waals surface area contributed by atoms with E-state index in [-0.39, 0.29) is 31.3 Å². The SMILES string of the molecule is O=S1(=O)CCC(CO)(C2(O)COC2)CC1. The number of aliphatic hydroxyl groups is 2. The second-order valence-electron chi connectivity index (χ2n) is 4.61. The van der Waals surface area contributed by atoms with Crippen molar-refractivity contribution in [2.45, 2.75) is 18.4 Å². The fraction of sp³-hybridized carbons (Fsp3) is 1.00. The van der Waals surface area contributed by atoms with Crippen LogP contribution in [0.25, 0.3) is 0 Å². The van der Waals surface area contributed by atoms with E-state index >= 15 is 0 Å². The first kappa shape index (κ1) is 11.3. The third kappa shape index (κ3) is 1.69. The number of aliphatic hydroxyl groups excluding tert-OH is 1. The molecule has 0 spiro atoms. The lowest BCUT2D eigenvalue weighted by atomic mass is 9.67. The fourth-order valence-electron chi connectivity index (χ4n) is 2.30. The lowest BCUT2D eigenvalue weighted by Crippen LogP contribution is -2.65. The predicted octanol–water partition coefficient (Wildman–Crippen LogP) is -1.07. The highest BCUT2D eigenvalue weighted by Crippen LogP contribution is 2.45. The van der Waals surface area contributed by atoms with Crippen LogP contribution < -0.4 is 0 Å². The summed E-state index contributed by atoms with van der Waals surface area (Å²) in [5.74, 6) is 0.103. The molecule has 0 unspecified atom stereocenters. The summed E-state index contributed by atoms with van der Waals surface area (Å²) in [6, 6.07) is 0. The quantitative estimate of drug-likeness (QED) is 0.638. The molecule has 0 aromatic heterocycles. The summed E-state index contributed by atoms with van der Waals surface area (Å²) in [5.41, 5.74) is -1.71. The van der Waals surface area contributed by atoms with Crippen molar-refractivity contribution in [2.75, 3.05) is 31.3 Å². The highest BCUT2D eigenvalue weighted by atomic mass is 32.2. The summed E-state index contributed by atoms with van der Waals surface area (Å²) in [6.45, 7) is 0.226. The zero-order valence-corrected chi connectivity index (χ0v) is 9.29. The van der Waals surface area contributed by atoms with Gasteiger partial charge in [-0.05, 0) is 12.8 Å². The Bertz CT molecular complexity index is 330. The number of hydrogen-bond acceptors (Lipinski definition) is 5. The van der Waals surface area contributed by atoms with Gasteiger partial charge in [0.1, 0.15) is 15.4 Å². The van der Waals surface area contributed by atoms with Gasteiger partial charge in [-0.3, -0.25) is 0 Å². The Kier molecular flexibility index (Phi) is 2.57. The first-order chi connectivity index (χ1) is 6.93. The van der Waals surface area contributed by atoms with E-state index < -0.39 is 20.9 Å². The van der Waals surface area contributed by atoms with Crippen LogP contribution in [0.3, 0.4) is 0 Å². The highest BCUT2D eigenvalue weighted by Gasteiger charge is 2.56. The second-order valence-corrected chi connectivity index (χ2v) is 6.92. The molecule has 2 rings (SSSR count). The molecule has 0 aromatic rings.